The Balaban J connectivity index is 0.000000490. The summed E-state index contributed by atoms with van der Waals surface area (Å²) in [5.74, 6) is 0. The van der Waals surface area contributed by atoms with Gasteiger partial charge in [-0.25, -0.2) is 0 Å². The molecule has 8 heavy (non-hydrogen) atoms. The summed E-state index contributed by atoms with van der Waals surface area (Å²) >= 11 is 0. The summed E-state index contributed by atoms with van der Waals surface area (Å²) in [6.07, 6.45) is 0. The first-order chi connectivity index (χ1) is 3.39. The van der Waals surface area contributed by atoms with Crippen LogP contribution in [0.3, 0.4) is 0 Å². The Morgan fingerprint density at radius 2 is 1.50 bits per heavy atom. The van der Waals surface area contributed by atoms with Gasteiger partial charge in [0, 0.05) is 17.1 Å². The van der Waals surface area contributed by atoms with Gasteiger partial charge >= 0.3 is 0 Å². The molecule has 0 aliphatic carbocycles. The molecule has 0 aromatic heterocycles. The zero-order valence-corrected chi connectivity index (χ0v) is 6.51. The third kappa shape index (κ3) is 2.15. The number of hydrogen-bond donors (Lipinski definition) is 0. The van der Waals surface area contributed by atoms with Crippen LogP contribution in [0.15, 0.2) is 30.3 Å². The van der Waals surface area contributed by atoms with E-state index in [1.54, 1.807) is 0 Å². The third-order valence-corrected chi connectivity index (χ3v) is 0.940. The van der Waals surface area contributed by atoms with Crippen LogP contribution in [0, 0.1) is 6.92 Å². The first kappa shape index (κ1) is 7.74. The normalized spacial score (nSPS) is 7.62. The summed E-state index contributed by atoms with van der Waals surface area (Å²) in [5, 5.41) is 0. The molecule has 1 rings (SSSR count). The second-order valence-corrected chi connectivity index (χ2v) is 1.65. The van der Waals surface area contributed by atoms with Crippen LogP contribution in [0.2, 0.25) is 0 Å². The van der Waals surface area contributed by atoms with Gasteiger partial charge in [0.2, 0.25) is 0 Å². The molecule has 0 heterocycles. The molecule has 1 heteroatoms. The molecule has 0 saturated heterocycles. The standard InChI is InChI=1S/C7H8.Se/c1-7-5-3-2-4-6-7;/h2-6H,1H3;. The Morgan fingerprint density at radius 1 is 1.00 bits per heavy atom. The first-order valence-corrected chi connectivity index (χ1v) is 2.41. The van der Waals surface area contributed by atoms with E-state index in [9.17, 15) is 0 Å². The molecule has 1 aromatic rings. The van der Waals surface area contributed by atoms with Gasteiger partial charge in [-0.05, 0) is 6.92 Å². The monoisotopic (exact) mass is 172 g/mol. The van der Waals surface area contributed by atoms with Crippen molar-refractivity contribution in [1.82, 2.24) is 0 Å². The molecule has 0 nitrogen and oxygen atoms in total. The van der Waals surface area contributed by atoms with Crippen molar-refractivity contribution in [2.24, 2.45) is 0 Å². The van der Waals surface area contributed by atoms with E-state index < -0.39 is 0 Å². The summed E-state index contributed by atoms with van der Waals surface area (Å²) in [5.41, 5.74) is 1.32. The van der Waals surface area contributed by atoms with Gasteiger partial charge in [-0.15, -0.1) is 0 Å². The summed E-state index contributed by atoms with van der Waals surface area (Å²) in [6, 6.07) is 10.3. The molecule has 0 N–H and O–H groups in total. The van der Waals surface area contributed by atoms with Crippen molar-refractivity contribution in [3.05, 3.63) is 35.9 Å². The summed E-state index contributed by atoms with van der Waals surface area (Å²) < 4.78 is 0. The fourth-order valence-corrected chi connectivity index (χ4v) is 0.534. The van der Waals surface area contributed by atoms with Crippen LogP contribution in [0.5, 0.6) is 0 Å². The van der Waals surface area contributed by atoms with E-state index in [4.69, 9.17) is 0 Å². The molecule has 0 bridgehead atoms. The third-order valence-electron chi connectivity index (χ3n) is 0.940. The van der Waals surface area contributed by atoms with Crippen LogP contribution in [-0.4, -0.2) is 17.1 Å². The number of rotatable bonds is 0. The average molecular weight is 171 g/mol. The molecular formula is C7H8Se. The summed E-state index contributed by atoms with van der Waals surface area (Å²) in [6.45, 7) is 2.08. The number of aryl methyl sites for hydroxylation is 1. The Hall–Kier alpha value is -0.261. The minimum Gasteiger partial charge on any atom is -0.0622 e. The zero-order chi connectivity index (χ0) is 5.11. The Labute approximate surface area is 60.4 Å². The van der Waals surface area contributed by atoms with Gasteiger partial charge in [-0.2, -0.15) is 0 Å². The van der Waals surface area contributed by atoms with E-state index in [-0.39, 0.29) is 17.1 Å². The summed E-state index contributed by atoms with van der Waals surface area (Å²) in [7, 11) is 0. The molecule has 2 radical (unpaired) electrons. The van der Waals surface area contributed by atoms with Crippen molar-refractivity contribution in [3.8, 4) is 0 Å². The largest absolute Gasteiger partial charge is 0.0622 e. The van der Waals surface area contributed by atoms with Crippen molar-refractivity contribution in [2.45, 2.75) is 6.92 Å². The second-order valence-electron chi connectivity index (χ2n) is 1.65. The van der Waals surface area contributed by atoms with Crippen LogP contribution < -0.4 is 0 Å². The van der Waals surface area contributed by atoms with Crippen LogP contribution in [0.1, 0.15) is 5.56 Å². The maximum absolute atomic E-state index is 2.08. The van der Waals surface area contributed by atoms with Crippen molar-refractivity contribution in [2.75, 3.05) is 0 Å². The first-order valence-electron chi connectivity index (χ1n) is 2.41. The minimum absolute atomic E-state index is 0. The smallest absolute Gasteiger partial charge is 0 e. The summed E-state index contributed by atoms with van der Waals surface area (Å²) in [4.78, 5) is 0. The minimum atomic E-state index is 0. The van der Waals surface area contributed by atoms with Gasteiger partial charge in [0.25, 0.3) is 0 Å². The Morgan fingerprint density at radius 3 is 1.75 bits per heavy atom. The number of benzene rings is 1. The van der Waals surface area contributed by atoms with Gasteiger partial charge in [0.15, 0.2) is 0 Å². The van der Waals surface area contributed by atoms with Gasteiger partial charge in [-0.1, -0.05) is 35.9 Å². The molecule has 0 fully saturated rings. The van der Waals surface area contributed by atoms with Crippen LogP contribution in [0.25, 0.3) is 0 Å². The average Bonchev–Trinajstić information content (AvgIpc) is 1.69. The van der Waals surface area contributed by atoms with E-state index in [1.807, 2.05) is 18.2 Å². The number of hydrogen-bond acceptors (Lipinski definition) is 0. The van der Waals surface area contributed by atoms with Crippen LogP contribution >= 0.6 is 0 Å². The van der Waals surface area contributed by atoms with Crippen molar-refractivity contribution >= 4 is 17.1 Å². The molecule has 0 aliphatic heterocycles. The van der Waals surface area contributed by atoms with Crippen LogP contribution in [-0.2, 0) is 0 Å². The molecule has 0 spiro atoms. The van der Waals surface area contributed by atoms with Crippen LogP contribution in [0.4, 0.5) is 0 Å². The van der Waals surface area contributed by atoms with E-state index in [0.29, 0.717) is 0 Å². The van der Waals surface area contributed by atoms with E-state index in [2.05, 4.69) is 19.1 Å². The Bertz CT molecular complexity index is 134. The van der Waals surface area contributed by atoms with Gasteiger partial charge in [0.05, 0.1) is 0 Å². The van der Waals surface area contributed by atoms with E-state index in [1.165, 1.54) is 5.56 Å². The molecule has 0 atom stereocenters. The fraction of sp³-hybridized carbons (Fsp3) is 0.143. The predicted molar refractivity (Wildman–Crippen MR) is 36.9 cm³/mol. The van der Waals surface area contributed by atoms with E-state index >= 15 is 0 Å². The molecule has 0 amide bonds. The van der Waals surface area contributed by atoms with Gasteiger partial charge in [-0.3, -0.25) is 0 Å². The zero-order valence-electron chi connectivity index (χ0n) is 4.79. The molecule has 0 saturated carbocycles. The predicted octanol–water partition coefficient (Wildman–Crippen LogP) is 1.61. The quantitative estimate of drug-likeness (QED) is 0.520. The topological polar surface area (TPSA) is 0 Å². The van der Waals surface area contributed by atoms with Gasteiger partial charge < -0.3 is 0 Å². The fourth-order valence-electron chi connectivity index (χ4n) is 0.534. The molecule has 42 valence electrons. The van der Waals surface area contributed by atoms with Gasteiger partial charge in [0.1, 0.15) is 0 Å². The van der Waals surface area contributed by atoms with Crippen molar-refractivity contribution < 1.29 is 0 Å². The van der Waals surface area contributed by atoms with Crippen molar-refractivity contribution in [3.63, 3.8) is 0 Å². The Kier molecular flexibility index (Phi) is 3.59. The van der Waals surface area contributed by atoms with Crippen molar-refractivity contribution in [1.29, 1.82) is 0 Å². The maximum atomic E-state index is 2.08. The maximum Gasteiger partial charge on any atom is 0 e. The van der Waals surface area contributed by atoms with E-state index in [0.717, 1.165) is 0 Å². The molecule has 0 aliphatic rings. The molecule has 1 aromatic carbocycles. The SMILES string of the molecule is Cc1ccccc1.[Se]. The molecular weight excluding hydrogens is 163 g/mol. The second kappa shape index (κ2) is 3.71. The molecule has 0 unspecified atom stereocenters.